The van der Waals surface area contributed by atoms with Crippen molar-refractivity contribution >= 4 is 11.6 Å². The van der Waals surface area contributed by atoms with E-state index >= 15 is 0 Å². The van der Waals surface area contributed by atoms with Crippen LogP contribution in [0.25, 0.3) is 11.3 Å². The maximum atomic E-state index is 10.5. The number of H-pyrrole nitrogens is 1. The lowest BCUT2D eigenvalue weighted by Gasteiger charge is -2.10. The fourth-order valence-electron chi connectivity index (χ4n) is 2.72. The van der Waals surface area contributed by atoms with Crippen LogP contribution < -0.4 is 9.47 Å². The van der Waals surface area contributed by atoms with Gasteiger partial charge in [-0.1, -0.05) is 41.9 Å². The molecule has 6 heteroatoms. The third-order valence-corrected chi connectivity index (χ3v) is 4.38. The van der Waals surface area contributed by atoms with E-state index in [9.17, 15) is 5.11 Å². The molecule has 28 heavy (non-hydrogen) atoms. The predicted molar refractivity (Wildman–Crippen MR) is 108 cm³/mol. The molecule has 140 valence electrons. The second kappa shape index (κ2) is 8.06. The first kappa shape index (κ1) is 17.9. The number of benzene rings is 3. The van der Waals surface area contributed by atoms with E-state index in [4.69, 9.17) is 21.1 Å². The Kier molecular flexibility index (Phi) is 5.17. The molecule has 0 radical (unpaired) electrons. The monoisotopic (exact) mass is 392 g/mol. The first-order valence-electron chi connectivity index (χ1n) is 8.66. The number of ether oxygens (including phenoxy) is 2. The highest BCUT2D eigenvalue weighted by Crippen LogP contribution is 2.38. The molecule has 1 heterocycles. The highest BCUT2D eigenvalue weighted by molar-refractivity contribution is 6.30. The van der Waals surface area contributed by atoms with E-state index in [1.165, 1.54) is 0 Å². The third-order valence-electron chi connectivity index (χ3n) is 4.13. The van der Waals surface area contributed by atoms with Crippen molar-refractivity contribution in [3.63, 3.8) is 0 Å². The second-order valence-electron chi connectivity index (χ2n) is 6.12. The molecule has 0 aliphatic carbocycles. The zero-order valence-corrected chi connectivity index (χ0v) is 15.6. The van der Waals surface area contributed by atoms with Gasteiger partial charge in [-0.05, 0) is 42.0 Å². The van der Waals surface area contributed by atoms with Gasteiger partial charge in [0.05, 0.1) is 6.20 Å². The lowest BCUT2D eigenvalue weighted by atomic mass is 10.1. The van der Waals surface area contributed by atoms with E-state index in [0.717, 1.165) is 5.56 Å². The van der Waals surface area contributed by atoms with Crippen LogP contribution in [0.2, 0.25) is 5.02 Å². The quantitative estimate of drug-likeness (QED) is 0.434. The van der Waals surface area contributed by atoms with E-state index in [1.54, 1.807) is 24.4 Å². The van der Waals surface area contributed by atoms with E-state index in [-0.39, 0.29) is 5.75 Å². The molecule has 2 N–H and O–H groups in total. The normalized spacial score (nSPS) is 10.6. The number of hydrogen-bond donors (Lipinski definition) is 2. The largest absolute Gasteiger partial charge is 0.507 e. The van der Waals surface area contributed by atoms with Crippen LogP contribution in [0.1, 0.15) is 5.56 Å². The Morgan fingerprint density at radius 3 is 2.46 bits per heavy atom. The van der Waals surface area contributed by atoms with Gasteiger partial charge >= 0.3 is 0 Å². The number of nitrogens with zero attached hydrogens (tertiary/aromatic N) is 1. The molecule has 0 spiro atoms. The lowest BCUT2D eigenvalue weighted by Crippen LogP contribution is -1.95. The van der Waals surface area contributed by atoms with Crippen molar-refractivity contribution in [2.24, 2.45) is 0 Å². The summed E-state index contributed by atoms with van der Waals surface area (Å²) in [6.45, 7) is 0.377. The Morgan fingerprint density at radius 2 is 1.71 bits per heavy atom. The summed E-state index contributed by atoms with van der Waals surface area (Å²) in [6, 6.07) is 21.9. The smallest absolute Gasteiger partial charge is 0.173 e. The minimum absolute atomic E-state index is 0.0655. The molecule has 0 aliphatic rings. The number of phenols is 1. The molecule has 0 fully saturated rings. The Labute approximate surface area is 167 Å². The third kappa shape index (κ3) is 4.10. The van der Waals surface area contributed by atoms with Crippen LogP contribution in [0.3, 0.4) is 0 Å². The first-order chi connectivity index (χ1) is 13.7. The Balaban J connectivity index is 1.51. The molecule has 0 saturated heterocycles. The number of phenolic OH excluding ortho intramolecular Hbond substituents is 1. The zero-order chi connectivity index (χ0) is 19.3. The molecule has 1 aromatic heterocycles. The van der Waals surface area contributed by atoms with Crippen molar-refractivity contribution in [1.82, 2.24) is 10.2 Å². The molecule has 0 aliphatic heterocycles. The van der Waals surface area contributed by atoms with Crippen molar-refractivity contribution in [3.05, 3.63) is 89.6 Å². The van der Waals surface area contributed by atoms with Gasteiger partial charge in [-0.25, -0.2) is 0 Å². The molecule has 0 saturated carbocycles. The SMILES string of the molecule is Oc1cc(OCc2ccc(Cl)cc2)ccc1-c1[nH]ncc1Oc1ccccc1. The van der Waals surface area contributed by atoms with E-state index in [1.807, 2.05) is 54.6 Å². The molecule has 0 amide bonds. The number of aromatic hydroxyl groups is 1. The summed E-state index contributed by atoms with van der Waals surface area (Å²) in [4.78, 5) is 0. The molecule has 0 unspecified atom stereocenters. The van der Waals surface area contributed by atoms with Crippen LogP contribution in [-0.2, 0) is 6.61 Å². The van der Waals surface area contributed by atoms with Gasteiger partial charge in [-0.3, -0.25) is 5.10 Å². The Morgan fingerprint density at radius 1 is 0.929 bits per heavy atom. The second-order valence-corrected chi connectivity index (χ2v) is 6.55. The van der Waals surface area contributed by atoms with Gasteiger partial charge in [0.2, 0.25) is 0 Å². The summed E-state index contributed by atoms with van der Waals surface area (Å²) in [5.74, 6) is 1.83. The van der Waals surface area contributed by atoms with Crippen molar-refractivity contribution in [3.8, 4) is 34.3 Å². The predicted octanol–water partition coefficient (Wildman–Crippen LogP) is 5.81. The first-order valence-corrected chi connectivity index (χ1v) is 9.04. The number of nitrogens with one attached hydrogen (secondary N) is 1. The Bertz CT molecular complexity index is 1060. The van der Waals surface area contributed by atoms with Crippen molar-refractivity contribution in [2.45, 2.75) is 6.61 Å². The average molecular weight is 393 g/mol. The highest BCUT2D eigenvalue weighted by atomic mass is 35.5. The van der Waals surface area contributed by atoms with Crippen molar-refractivity contribution < 1.29 is 14.6 Å². The average Bonchev–Trinajstić information content (AvgIpc) is 3.16. The van der Waals surface area contributed by atoms with Crippen LogP contribution in [0.15, 0.2) is 79.0 Å². The summed E-state index contributed by atoms with van der Waals surface area (Å²) in [6.07, 6.45) is 1.58. The van der Waals surface area contributed by atoms with Gasteiger partial charge in [-0.2, -0.15) is 5.10 Å². The van der Waals surface area contributed by atoms with Gasteiger partial charge < -0.3 is 14.6 Å². The molecule has 4 rings (SSSR count). The van der Waals surface area contributed by atoms with Gasteiger partial charge in [0.15, 0.2) is 5.75 Å². The number of para-hydroxylation sites is 1. The van der Waals surface area contributed by atoms with Gasteiger partial charge in [0.25, 0.3) is 0 Å². The number of rotatable bonds is 6. The fourth-order valence-corrected chi connectivity index (χ4v) is 2.85. The maximum absolute atomic E-state index is 10.5. The topological polar surface area (TPSA) is 67.4 Å². The fraction of sp³-hybridized carbons (Fsp3) is 0.0455. The van der Waals surface area contributed by atoms with E-state index < -0.39 is 0 Å². The highest BCUT2D eigenvalue weighted by Gasteiger charge is 2.14. The van der Waals surface area contributed by atoms with Crippen LogP contribution >= 0.6 is 11.6 Å². The summed E-state index contributed by atoms with van der Waals surface area (Å²) < 4.78 is 11.6. The molecule has 0 atom stereocenters. The molecule has 0 bridgehead atoms. The van der Waals surface area contributed by atoms with Crippen molar-refractivity contribution in [2.75, 3.05) is 0 Å². The minimum Gasteiger partial charge on any atom is -0.507 e. The number of aromatic nitrogens is 2. The summed E-state index contributed by atoms with van der Waals surface area (Å²) in [7, 11) is 0. The number of halogens is 1. The summed E-state index contributed by atoms with van der Waals surface area (Å²) >= 11 is 5.89. The van der Waals surface area contributed by atoms with Crippen LogP contribution in [0.4, 0.5) is 0 Å². The van der Waals surface area contributed by atoms with Gasteiger partial charge in [0, 0.05) is 16.7 Å². The molecule has 4 aromatic rings. The van der Waals surface area contributed by atoms with Gasteiger partial charge in [0.1, 0.15) is 29.5 Å². The lowest BCUT2D eigenvalue weighted by molar-refractivity contribution is 0.304. The van der Waals surface area contributed by atoms with Crippen LogP contribution in [0.5, 0.6) is 23.0 Å². The molecular weight excluding hydrogens is 376 g/mol. The van der Waals surface area contributed by atoms with Gasteiger partial charge in [-0.15, -0.1) is 0 Å². The standard InChI is InChI=1S/C22H17ClN2O3/c23-16-8-6-15(7-9-16)14-27-18-10-11-19(20(26)12-18)22-21(13-24-25-22)28-17-4-2-1-3-5-17/h1-13,26H,14H2,(H,24,25). The molecular formula is C22H17ClN2O3. The number of aromatic amines is 1. The van der Waals surface area contributed by atoms with E-state index in [2.05, 4.69) is 10.2 Å². The van der Waals surface area contributed by atoms with Crippen LogP contribution in [0, 0.1) is 0 Å². The maximum Gasteiger partial charge on any atom is 0.173 e. The Hall–Kier alpha value is -3.44. The summed E-state index contributed by atoms with van der Waals surface area (Å²) in [5.41, 5.74) is 2.15. The zero-order valence-electron chi connectivity index (χ0n) is 14.8. The minimum atomic E-state index is 0.0655. The van der Waals surface area contributed by atoms with Crippen LogP contribution in [-0.4, -0.2) is 15.3 Å². The number of hydrogen-bond acceptors (Lipinski definition) is 4. The van der Waals surface area contributed by atoms with E-state index in [0.29, 0.717) is 40.1 Å². The molecule has 5 nitrogen and oxygen atoms in total. The molecule has 3 aromatic carbocycles. The van der Waals surface area contributed by atoms with Crippen molar-refractivity contribution in [1.29, 1.82) is 0 Å². The summed E-state index contributed by atoms with van der Waals surface area (Å²) in [5, 5.41) is 18.1.